The molecule has 1 atom stereocenters. The first kappa shape index (κ1) is 25.6. The number of carbonyl (C=O) groups excluding carboxylic acids is 2. The number of hydrogen-bond acceptors (Lipinski definition) is 9. The van der Waals surface area contributed by atoms with E-state index in [-0.39, 0.29) is 23.1 Å². The molecule has 0 aliphatic carbocycles. The van der Waals surface area contributed by atoms with E-state index in [4.69, 9.17) is 0 Å². The summed E-state index contributed by atoms with van der Waals surface area (Å²) >= 11 is 0. The van der Waals surface area contributed by atoms with Crippen molar-refractivity contribution < 1.29 is 40.7 Å². The Kier molecular flexibility index (Phi) is 8.03. The molecule has 180 valence electrons. The van der Waals surface area contributed by atoms with E-state index < -0.39 is 40.5 Å². The number of esters is 1. The zero-order valence-electron chi connectivity index (χ0n) is 17.3. The molecule has 1 aromatic heterocycles. The summed E-state index contributed by atoms with van der Waals surface area (Å²) in [6.45, 7) is 1.98. The van der Waals surface area contributed by atoms with Gasteiger partial charge in [0, 0.05) is 18.1 Å². The second-order valence-electron chi connectivity index (χ2n) is 6.14. The molecule has 1 amide bonds. The third-order valence-electron chi connectivity index (χ3n) is 3.86. The van der Waals surface area contributed by atoms with Gasteiger partial charge < -0.3 is 14.8 Å². The number of alkyl carbamates (subject to hydrolysis) is 1. The lowest BCUT2D eigenvalue weighted by atomic mass is 10.1. The fourth-order valence-electron chi connectivity index (χ4n) is 2.42. The van der Waals surface area contributed by atoms with Gasteiger partial charge in [0.05, 0.1) is 18.1 Å². The normalized spacial score (nSPS) is 13.4. The standard InChI is InChI=1S/C18H20F3N5O6S/c1-3-31-14(27)17(18(19,20)21,25-16(28)32-4-2)24-12-6-8-13(9-7-12)33(29,30)26-15-22-10-5-11-23-15/h5-11,24H,3-4H2,1-2H3,(H,25,28)(H,22,23,26). The van der Waals surface area contributed by atoms with E-state index in [1.54, 1.807) is 0 Å². The van der Waals surface area contributed by atoms with Crippen LogP contribution in [0.1, 0.15) is 13.8 Å². The van der Waals surface area contributed by atoms with Crippen molar-refractivity contribution in [3.8, 4) is 0 Å². The van der Waals surface area contributed by atoms with Crippen LogP contribution in [0.3, 0.4) is 0 Å². The molecule has 0 bridgehead atoms. The smallest absolute Gasteiger partial charge is 0.442 e. The molecule has 15 heteroatoms. The zero-order chi connectivity index (χ0) is 24.7. The molecule has 1 heterocycles. The van der Waals surface area contributed by atoms with Crippen molar-refractivity contribution in [3.63, 3.8) is 0 Å². The van der Waals surface area contributed by atoms with Crippen molar-refractivity contribution in [3.05, 3.63) is 42.7 Å². The predicted molar refractivity (Wildman–Crippen MR) is 108 cm³/mol. The van der Waals surface area contributed by atoms with Gasteiger partial charge in [0.1, 0.15) is 0 Å². The highest BCUT2D eigenvalue weighted by Gasteiger charge is 2.64. The van der Waals surface area contributed by atoms with Gasteiger partial charge in [-0.05, 0) is 44.2 Å². The zero-order valence-corrected chi connectivity index (χ0v) is 18.2. The fraction of sp³-hybridized carbons (Fsp3) is 0.333. The number of carbonyl (C=O) groups is 2. The summed E-state index contributed by atoms with van der Waals surface area (Å²) in [4.78, 5) is 31.2. The van der Waals surface area contributed by atoms with Gasteiger partial charge in [0.2, 0.25) is 5.95 Å². The van der Waals surface area contributed by atoms with Crippen LogP contribution in [0.25, 0.3) is 0 Å². The van der Waals surface area contributed by atoms with E-state index in [1.165, 1.54) is 37.6 Å². The van der Waals surface area contributed by atoms with Crippen LogP contribution in [0.15, 0.2) is 47.6 Å². The minimum atomic E-state index is -5.37. The van der Waals surface area contributed by atoms with E-state index >= 15 is 0 Å². The molecule has 0 spiro atoms. The van der Waals surface area contributed by atoms with Crippen LogP contribution in [-0.2, 0) is 24.3 Å². The van der Waals surface area contributed by atoms with Gasteiger partial charge in [-0.15, -0.1) is 0 Å². The number of benzene rings is 1. The Morgan fingerprint density at radius 1 is 1.00 bits per heavy atom. The lowest BCUT2D eigenvalue weighted by Gasteiger charge is -2.34. The first-order valence-electron chi connectivity index (χ1n) is 9.32. The molecule has 0 aliphatic rings. The number of rotatable bonds is 9. The molecular weight excluding hydrogens is 471 g/mol. The first-order chi connectivity index (χ1) is 15.4. The maximum absolute atomic E-state index is 14.0. The summed E-state index contributed by atoms with van der Waals surface area (Å²) in [5.74, 6) is -2.05. The fourth-order valence-corrected chi connectivity index (χ4v) is 3.37. The second-order valence-corrected chi connectivity index (χ2v) is 7.82. The summed E-state index contributed by atoms with van der Waals surface area (Å²) in [6, 6.07) is 5.35. The van der Waals surface area contributed by atoms with Gasteiger partial charge in [-0.2, -0.15) is 13.2 Å². The largest absolute Gasteiger partial charge is 0.463 e. The maximum Gasteiger partial charge on any atom is 0.442 e. The van der Waals surface area contributed by atoms with E-state index in [0.29, 0.717) is 0 Å². The molecule has 0 fully saturated rings. The minimum absolute atomic E-state index is 0.211. The number of anilines is 2. The van der Waals surface area contributed by atoms with Crippen LogP contribution in [0.5, 0.6) is 0 Å². The Labute approximate surface area is 186 Å². The van der Waals surface area contributed by atoms with Gasteiger partial charge >= 0.3 is 23.9 Å². The van der Waals surface area contributed by atoms with Crippen molar-refractivity contribution in [2.45, 2.75) is 30.6 Å². The maximum atomic E-state index is 14.0. The Morgan fingerprint density at radius 2 is 1.58 bits per heavy atom. The number of aromatic nitrogens is 2. The highest BCUT2D eigenvalue weighted by Crippen LogP contribution is 2.33. The van der Waals surface area contributed by atoms with Crippen molar-refractivity contribution in [2.75, 3.05) is 23.3 Å². The number of amides is 1. The molecule has 33 heavy (non-hydrogen) atoms. The lowest BCUT2D eigenvalue weighted by Crippen LogP contribution is -2.69. The predicted octanol–water partition coefficient (Wildman–Crippen LogP) is 2.26. The van der Waals surface area contributed by atoms with Gasteiger partial charge in [-0.25, -0.2) is 32.7 Å². The minimum Gasteiger partial charge on any atom is -0.463 e. The number of sulfonamides is 1. The van der Waals surface area contributed by atoms with Crippen LogP contribution in [0.4, 0.5) is 29.6 Å². The number of nitrogens with zero attached hydrogens (tertiary/aromatic N) is 2. The van der Waals surface area contributed by atoms with Gasteiger partial charge in [0.15, 0.2) is 0 Å². The van der Waals surface area contributed by atoms with Crippen LogP contribution in [0.2, 0.25) is 0 Å². The van der Waals surface area contributed by atoms with Crippen molar-refractivity contribution in [1.82, 2.24) is 15.3 Å². The summed E-state index contributed by atoms with van der Waals surface area (Å²) in [5.41, 5.74) is -4.06. The highest BCUT2D eigenvalue weighted by atomic mass is 32.2. The van der Waals surface area contributed by atoms with Gasteiger partial charge in [-0.3, -0.25) is 5.32 Å². The quantitative estimate of drug-likeness (QED) is 0.355. The Balaban J connectivity index is 2.37. The number of nitrogens with one attached hydrogen (secondary N) is 3. The molecular formula is C18H20F3N5O6S. The van der Waals surface area contributed by atoms with E-state index in [0.717, 1.165) is 24.3 Å². The average molecular weight is 491 g/mol. The number of hydrogen-bond donors (Lipinski definition) is 3. The molecule has 0 radical (unpaired) electrons. The number of halogens is 3. The van der Waals surface area contributed by atoms with Crippen LogP contribution in [-0.4, -0.2) is 55.5 Å². The lowest BCUT2D eigenvalue weighted by molar-refractivity contribution is -0.205. The molecule has 0 saturated heterocycles. The molecule has 2 aromatic rings. The molecule has 2 rings (SSSR count). The topological polar surface area (TPSA) is 149 Å². The summed E-state index contributed by atoms with van der Waals surface area (Å²) in [5, 5.41) is 3.35. The number of alkyl halides is 3. The third kappa shape index (κ3) is 6.21. The summed E-state index contributed by atoms with van der Waals surface area (Å²) in [7, 11) is -4.16. The van der Waals surface area contributed by atoms with E-state index in [1.807, 2.05) is 5.32 Å². The van der Waals surface area contributed by atoms with Crippen molar-refractivity contribution in [2.24, 2.45) is 0 Å². The van der Waals surface area contributed by atoms with Crippen molar-refractivity contribution >= 4 is 33.7 Å². The molecule has 0 saturated carbocycles. The molecule has 1 unspecified atom stereocenters. The van der Waals surface area contributed by atoms with E-state index in [2.05, 4.69) is 24.2 Å². The highest BCUT2D eigenvalue weighted by molar-refractivity contribution is 7.92. The average Bonchev–Trinajstić information content (AvgIpc) is 2.73. The molecule has 0 aliphatic heterocycles. The number of ether oxygens (including phenoxy) is 2. The summed E-state index contributed by atoms with van der Waals surface area (Å²) < 4.78 is 77.9. The summed E-state index contributed by atoms with van der Waals surface area (Å²) in [6.07, 6.45) is -4.29. The first-order valence-corrected chi connectivity index (χ1v) is 10.8. The van der Waals surface area contributed by atoms with Gasteiger partial charge in [0.25, 0.3) is 10.0 Å². The second kappa shape index (κ2) is 10.3. The van der Waals surface area contributed by atoms with Crippen LogP contribution in [0, 0.1) is 0 Å². The molecule has 1 aromatic carbocycles. The van der Waals surface area contributed by atoms with Gasteiger partial charge in [-0.1, -0.05) is 0 Å². The monoisotopic (exact) mass is 491 g/mol. The van der Waals surface area contributed by atoms with Crippen molar-refractivity contribution in [1.29, 1.82) is 0 Å². The Bertz CT molecular complexity index is 1070. The molecule has 11 nitrogen and oxygen atoms in total. The van der Waals surface area contributed by atoms with Crippen LogP contribution >= 0.6 is 0 Å². The third-order valence-corrected chi connectivity index (χ3v) is 5.20. The Morgan fingerprint density at radius 3 is 2.09 bits per heavy atom. The van der Waals surface area contributed by atoms with E-state index in [9.17, 15) is 31.2 Å². The molecule has 3 N–H and O–H groups in total. The SMILES string of the molecule is CCOC(=O)NC(Nc1ccc(S(=O)(=O)Nc2ncccn2)cc1)(C(=O)OCC)C(F)(F)F. The Hall–Kier alpha value is -3.62. The van der Waals surface area contributed by atoms with Crippen LogP contribution < -0.4 is 15.4 Å².